The molecule has 1 atom stereocenters. The van der Waals surface area contributed by atoms with Crippen molar-refractivity contribution in [2.24, 2.45) is 5.41 Å². The van der Waals surface area contributed by atoms with E-state index >= 15 is 0 Å². The van der Waals surface area contributed by atoms with Crippen molar-refractivity contribution in [2.45, 2.75) is 70.1 Å². The molecule has 0 aromatic heterocycles. The first kappa shape index (κ1) is 13.5. The van der Waals surface area contributed by atoms with Crippen molar-refractivity contribution in [2.75, 3.05) is 0 Å². The number of aryl methyl sites for hydroxylation is 2. The standard InChI is InChI=1S/C18H25Cl/c1-18(11-5-2-6-12-18)17(19)16-10-9-14-7-3-4-8-15(14)13-16/h9-10,13,17H,2-8,11-12H2,1H3. The highest BCUT2D eigenvalue weighted by atomic mass is 35.5. The van der Waals surface area contributed by atoms with Gasteiger partial charge in [-0.15, -0.1) is 11.6 Å². The maximum Gasteiger partial charge on any atom is 0.0638 e. The van der Waals surface area contributed by atoms with E-state index in [1.165, 1.54) is 63.4 Å². The largest absolute Gasteiger partial charge is 0.117 e. The van der Waals surface area contributed by atoms with E-state index in [1.54, 1.807) is 11.1 Å². The highest BCUT2D eigenvalue weighted by Crippen LogP contribution is 2.49. The van der Waals surface area contributed by atoms with Gasteiger partial charge in [0.15, 0.2) is 0 Å². The normalized spacial score (nSPS) is 23.7. The van der Waals surface area contributed by atoms with Crippen molar-refractivity contribution in [3.63, 3.8) is 0 Å². The lowest BCUT2D eigenvalue weighted by Gasteiger charge is -2.38. The summed E-state index contributed by atoms with van der Waals surface area (Å²) in [5.74, 6) is 0. The summed E-state index contributed by atoms with van der Waals surface area (Å²) in [4.78, 5) is 0. The fourth-order valence-corrected chi connectivity index (χ4v) is 4.28. The Hall–Kier alpha value is -0.490. The first-order chi connectivity index (χ1) is 9.19. The minimum atomic E-state index is 0.194. The molecule has 1 aromatic carbocycles. The SMILES string of the molecule is CC1(C(Cl)c2ccc3c(c2)CCCC3)CCCCC1. The molecule has 19 heavy (non-hydrogen) atoms. The van der Waals surface area contributed by atoms with Gasteiger partial charge in [-0.25, -0.2) is 0 Å². The van der Waals surface area contributed by atoms with E-state index in [1.807, 2.05) is 0 Å². The second-order valence-corrected chi connectivity index (χ2v) is 7.25. The van der Waals surface area contributed by atoms with Crippen molar-refractivity contribution in [1.82, 2.24) is 0 Å². The van der Waals surface area contributed by atoms with Crippen molar-refractivity contribution in [1.29, 1.82) is 0 Å². The van der Waals surface area contributed by atoms with Crippen LogP contribution < -0.4 is 0 Å². The van der Waals surface area contributed by atoms with Crippen molar-refractivity contribution < 1.29 is 0 Å². The third-order valence-electron chi connectivity index (χ3n) is 5.27. The molecule has 0 heterocycles. The molecule has 104 valence electrons. The highest BCUT2D eigenvalue weighted by molar-refractivity contribution is 6.21. The monoisotopic (exact) mass is 276 g/mol. The molecule has 1 unspecified atom stereocenters. The summed E-state index contributed by atoms with van der Waals surface area (Å²) in [6.45, 7) is 2.39. The van der Waals surface area contributed by atoms with Gasteiger partial charge in [0, 0.05) is 0 Å². The number of hydrogen-bond donors (Lipinski definition) is 0. The van der Waals surface area contributed by atoms with Gasteiger partial charge in [0.2, 0.25) is 0 Å². The van der Waals surface area contributed by atoms with Crippen LogP contribution in [-0.2, 0) is 12.8 Å². The van der Waals surface area contributed by atoms with E-state index in [2.05, 4.69) is 25.1 Å². The summed E-state index contributed by atoms with van der Waals surface area (Å²) in [7, 11) is 0. The molecule has 0 bridgehead atoms. The molecule has 3 rings (SSSR count). The Kier molecular flexibility index (Phi) is 3.89. The molecule has 1 heteroatoms. The Morgan fingerprint density at radius 3 is 2.37 bits per heavy atom. The summed E-state index contributed by atoms with van der Waals surface area (Å²) < 4.78 is 0. The Bertz CT molecular complexity index is 443. The molecule has 0 saturated heterocycles. The predicted octanol–water partition coefficient (Wildman–Crippen LogP) is 5.82. The van der Waals surface area contributed by atoms with Crippen LogP contribution in [0.1, 0.15) is 73.9 Å². The van der Waals surface area contributed by atoms with Crippen molar-refractivity contribution >= 4 is 11.6 Å². The molecule has 0 amide bonds. The second-order valence-electron chi connectivity index (χ2n) is 6.81. The zero-order chi connectivity index (χ0) is 13.3. The van der Waals surface area contributed by atoms with Crippen LogP contribution >= 0.6 is 11.6 Å². The lowest BCUT2D eigenvalue weighted by Crippen LogP contribution is -2.25. The smallest absolute Gasteiger partial charge is 0.0638 e. The minimum Gasteiger partial charge on any atom is -0.117 e. The van der Waals surface area contributed by atoms with Gasteiger partial charge in [0.1, 0.15) is 0 Å². The number of fused-ring (bicyclic) bond motifs is 1. The van der Waals surface area contributed by atoms with E-state index in [0.717, 1.165) is 0 Å². The van der Waals surface area contributed by atoms with Gasteiger partial charge in [0.05, 0.1) is 5.38 Å². The van der Waals surface area contributed by atoms with Gasteiger partial charge in [-0.05, 0) is 60.6 Å². The Labute approximate surface area is 122 Å². The zero-order valence-electron chi connectivity index (χ0n) is 12.1. The van der Waals surface area contributed by atoms with Gasteiger partial charge in [-0.2, -0.15) is 0 Å². The summed E-state index contributed by atoms with van der Waals surface area (Å²) >= 11 is 6.87. The third-order valence-corrected chi connectivity index (χ3v) is 6.05. The van der Waals surface area contributed by atoms with Crippen LogP contribution in [0.5, 0.6) is 0 Å². The lowest BCUT2D eigenvalue weighted by molar-refractivity contribution is 0.206. The fourth-order valence-electron chi connectivity index (χ4n) is 3.93. The van der Waals surface area contributed by atoms with Gasteiger partial charge >= 0.3 is 0 Å². The summed E-state index contributed by atoms with van der Waals surface area (Å²) in [6.07, 6.45) is 11.9. The average Bonchev–Trinajstić information content (AvgIpc) is 2.47. The molecule has 0 nitrogen and oxygen atoms in total. The van der Waals surface area contributed by atoms with Crippen LogP contribution in [0, 0.1) is 5.41 Å². The Balaban J connectivity index is 1.84. The van der Waals surface area contributed by atoms with Crippen LogP contribution in [-0.4, -0.2) is 0 Å². The van der Waals surface area contributed by atoms with Crippen LogP contribution in [0.15, 0.2) is 18.2 Å². The third kappa shape index (κ3) is 2.70. The van der Waals surface area contributed by atoms with Crippen LogP contribution in [0.3, 0.4) is 0 Å². The molecule has 1 aromatic rings. The fraction of sp³-hybridized carbons (Fsp3) is 0.667. The molecule has 0 spiro atoms. The molecular weight excluding hydrogens is 252 g/mol. The molecule has 0 radical (unpaired) electrons. The maximum absolute atomic E-state index is 6.87. The van der Waals surface area contributed by atoms with E-state index in [-0.39, 0.29) is 5.38 Å². The quantitative estimate of drug-likeness (QED) is 0.598. The van der Waals surface area contributed by atoms with Gasteiger partial charge in [0.25, 0.3) is 0 Å². The average molecular weight is 277 g/mol. The van der Waals surface area contributed by atoms with Gasteiger partial charge < -0.3 is 0 Å². The molecule has 0 N–H and O–H groups in total. The van der Waals surface area contributed by atoms with Crippen LogP contribution in [0.25, 0.3) is 0 Å². The molecular formula is C18H25Cl. The van der Waals surface area contributed by atoms with E-state index in [4.69, 9.17) is 11.6 Å². The Morgan fingerprint density at radius 2 is 1.63 bits per heavy atom. The van der Waals surface area contributed by atoms with E-state index < -0.39 is 0 Å². The molecule has 2 aliphatic carbocycles. The number of rotatable bonds is 2. The van der Waals surface area contributed by atoms with Gasteiger partial charge in [-0.1, -0.05) is 44.4 Å². The lowest BCUT2D eigenvalue weighted by atomic mass is 9.71. The van der Waals surface area contributed by atoms with Crippen LogP contribution in [0.2, 0.25) is 0 Å². The van der Waals surface area contributed by atoms with Crippen molar-refractivity contribution in [3.8, 4) is 0 Å². The molecule has 1 saturated carbocycles. The molecule has 0 aliphatic heterocycles. The van der Waals surface area contributed by atoms with E-state index in [9.17, 15) is 0 Å². The van der Waals surface area contributed by atoms with Gasteiger partial charge in [-0.3, -0.25) is 0 Å². The molecule has 1 fully saturated rings. The van der Waals surface area contributed by atoms with Crippen LogP contribution in [0.4, 0.5) is 0 Å². The first-order valence-corrected chi connectivity index (χ1v) is 8.38. The number of alkyl halides is 1. The minimum absolute atomic E-state index is 0.194. The second kappa shape index (κ2) is 5.48. The number of benzene rings is 1. The predicted molar refractivity (Wildman–Crippen MR) is 82.9 cm³/mol. The van der Waals surface area contributed by atoms with Crippen molar-refractivity contribution in [3.05, 3.63) is 34.9 Å². The zero-order valence-corrected chi connectivity index (χ0v) is 12.8. The Morgan fingerprint density at radius 1 is 0.947 bits per heavy atom. The topological polar surface area (TPSA) is 0 Å². The summed E-state index contributed by atoms with van der Waals surface area (Å²) in [6, 6.07) is 7.04. The summed E-state index contributed by atoms with van der Waals surface area (Å²) in [5, 5.41) is 0.194. The number of hydrogen-bond acceptors (Lipinski definition) is 0. The maximum atomic E-state index is 6.87. The first-order valence-electron chi connectivity index (χ1n) is 7.95. The number of halogens is 1. The van der Waals surface area contributed by atoms with E-state index in [0.29, 0.717) is 5.41 Å². The summed E-state index contributed by atoms with van der Waals surface area (Å²) in [5.41, 5.74) is 4.80. The molecule has 2 aliphatic rings. The highest BCUT2D eigenvalue weighted by Gasteiger charge is 2.35.